The van der Waals surface area contributed by atoms with Gasteiger partial charge in [0, 0.05) is 17.5 Å². The standard InChI is InChI=1S/C17H16F4N2O/c1-16(2)9-13(24)22-23(16)15(17(19,20)21)14-11-6-4-3-5-10(11)7-8-12(14)18/h3-8,15H,9H2,1-2H3,(H,22,24)/t15-/m0/s1. The first-order chi connectivity index (χ1) is 11.1. The number of amides is 1. The van der Waals surface area contributed by atoms with E-state index in [0.717, 1.165) is 11.1 Å². The lowest BCUT2D eigenvalue weighted by Gasteiger charge is -2.38. The zero-order valence-electron chi connectivity index (χ0n) is 13.1. The minimum absolute atomic E-state index is 0.0913. The van der Waals surface area contributed by atoms with Crippen LogP contribution in [-0.2, 0) is 4.79 Å². The molecule has 3 nitrogen and oxygen atoms in total. The van der Waals surface area contributed by atoms with Crippen molar-refractivity contribution in [1.29, 1.82) is 0 Å². The van der Waals surface area contributed by atoms with Crippen molar-refractivity contribution in [2.45, 2.75) is 38.0 Å². The molecule has 0 bridgehead atoms. The second kappa shape index (κ2) is 5.44. The average molecular weight is 340 g/mol. The van der Waals surface area contributed by atoms with Gasteiger partial charge in [-0.3, -0.25) is 10.2 Å². The molecular formula is C17H16F4N2O. The molecule has 128 valence electrons. The topological polar surface area (TPSA) is 32.3 Å². The molecule has 1 fully saturated rings. The van der Waals surface area contributed by atoms with E-state index in [4.69, 9.17) is 0 Å². The second-order valence-corrected chi connectivity index (χ2v) is 6.52. The number of hydrazine groups is 1. The van der Waals surface area contributed by atoms with Gasteiger partial charge >= 0.3 is 6.18 Å². The van der Waals surface area contributed by atoms with Crippen LogP contribution in [0.15, 0.2) is 36.4 Å². The van der Waals surface area contributed by atoms with Gasteiger partial charge in [0.1, 0.15) is 5.82 Å². The smallest absolute Gasteiger partial charge is 0.287 e. The molecule has 1 aliphatic rings. The lowest BCUT2D eigenvalue weighted by molar-refractivity contribution is -0.204. The van der Waals surface area contributed by atoms with Gasteiger partial charge in [-0.1, -0.05) is 30.3 Å². The number of nitrogens with zero attached hydrogens (tertiary/aromatic N) is 1. The predicted molar refractivity (Wildman–Crippen MR) is 81.4 cm³/mol. The van der Waals surface area contributed by atoms with Crippen LogP contribution in [0, 0.1) is 5.82 Å². The fourth-order valence-corrected chi connectivity index (χ4v) is 3.20. The summed E-state index contributed by atoms with van der Waals surface area (Å²) in [6.07, 6.45) is -4.86. The van der Waals surface area contributed by atoms with Gasteiger partial charge in [-0.25, -0.2) is 4.39 Å². The maximum atomic E-state index is 14.5. The molecule has 24 heavy (non-hydrogen) atoms. The third-order valence-corrected chi connectivity index (χ3v) is 4.25. The molecule has 0 unspecified atom stereocenters. The molecular weight excluding hydrogens is 324 g/mol. The Morgan fingerprint density at radius 1 is 1.17 bits per heavy atom. The van der Waals surface area contributed by atoms with Gasteiger partial charge < -0.3 is 0 Å². The average Bonchev–Trinajstić information content (AvgIpc) is 2.73. The molecule has 1 saturated heterocycles. The number of benzene rings is 2. The van der Waals surface area contributed by atoms with E-state index in [1.54, 1.807) is 18.2 Å². The van der Waals surface area contributed by atoms with Crippen molar-refractivity contribution in [3.05, 3.63) is 47.8 Å². The molecule has 0 spiro atoms. The van der Waals surface area contributed by atoms with Gasteiger partial charge in [0.15, 0.2) is 6.04 Å². The number of hydrogen-bond donors (Lipinski definition) is 1. The zero-order valence-corrected chi connectivity index (χ0v) is 13.1. The van der Waals surface area contributed by atoms with Gasteiger partial charge in [0.2, 0.25) is 5.91 Å². The minimum Gasteiger partial charge on any atom is -0.287 e. The number of alkyl halides is 3. The summed E-state index contributed by atoms with van der Waals surface area (Å²) in [6, 6.07) is 6.51. The van der Waals surface area contributed by atoms with Crippen molar-refractivity contribution >= 4 is 16.7 Å². The molecule has 3 rings (SSSR count). The highest BCUT2D eigenvalue weighted by Gasteiger charge is 2.54. The first-order valence-corrected chi connectivity index (χ1v) is 7.44. The van der Waals surface area contributed by atoms with E-state index in [0.29, 0.717) is 5.39 Å². The van der Waals surface area contributed by atoms with Gasteiger partial charge in [0.25, 0.3) is 0 Å². The van der Waals surface area contributed by atoms with Crippen LogP contribution >= 0.6 is 0 Å². The molecule has 1 aliphatic heterocycles. The van der Waals surface area contributed by atoms with Crippen LogP contribution in [0.2, 0.25) is 0 Å². The van der Waals surface area contributed by atoms with Crippen molar-refractivity contribution in [3.63, 3.8) is 0 Å². The van der Waals surface area contributed by atoms with Crippen molar-refractivity contribution in [1.82, 2.24) is 10.4 Å². The van der Waals surface area contributed by atoms with E-state index in [-0.39, 0.29) is 11.8 Å². The Bertz CT molecular complexity index is 801. The van der Waals surface area contributed by atoms with Gasteiger partial charge in [-0.15, -0.1) is 0 Å². The summed E-state index contributed by atoms with van der Waals surface area (Å²) in [4.78, 5) is 11.7. The highest BCUT2D eigenvalue weighted by atomic mass is 19.4. The monoisotopic (exact) mass is 340 g/mol. The Hall–Kier alpha value is -2.15. The summed E-state index contributed by atoms with van der Waals surface area (Å²) in [5.74, 6) is -1.47. The summed E-state index contributed by atoms with van der Waals surface area (Å²) in [5, 5.41) is 1.50. The Kier molecular flexibility index (Phi) is 3.79. The Morgan fingerprint density at radius 2 is 1.83 bits per heavy atom. The Labute approximate surface area is 136 Å². The SMILES string of the molecule is CC1(C)CC(=O)NN1[C@@H](c1c(F)ccc2ccccc12)C(F)(F)F. The van der Waals surface area contributed by atoms with Crippen molar-refractivity contribution in [2.75, 3.05) is 0 Å². The number of hydrogen-bond acceptors (Lipinski definition) is 2. The van der Waals surface area contributed by atoms with Crippen LogP contribution in [0.4, 0.5) is 17.6 Å². The molecule has 0 aromatic heterocycles. The molecule has 1 N–H and O–H groups in total. The van der Waals surface area contributed by atoms with Crippen molar-refractivity contribution < 1.29 is 22.4 Å². The van der Waals surface area contributed by atoms with Crippen LogP contribution in [0.3, 0.4) is 0 Å². The third kappa shape index (κ3) is 2.73. The maximum Gasteiger partial charge on any atom is 0.410 e. The zero-order chi connectivity index (χ0) is 17.7. The van der Waals surface area contributed by atoms with E-state index in [1.165, 1.54) is 26.0 Å². The summed E-state index contributed by atoms with van der Waals surface area (Å²) >= 11 is 0. The fraction of sp³-hybridized carbons (Fsp3) is 0.353. The quantitative estimate of drug-likeness (QED) is 0.835. The van der Waals surface area contributed by atoms with Crippen LogP contribution in [0.25, 0.3) is 10.8 Å². The second-order valence-electron chi connectivity index (χ2n) is 6.52. The van der Waals surface area contributed by atoms with Crippen molar-refractivity contribution in [3.8, 4) is 0 Å². The minimum atomic E-state index is -4.76. The first-order valence-electron chi connectivity index (χ1n) is 7.44. The maximum absolute atomic E-state index is 14.5. The van der Waals surface area contributed by atoms with Crippen LogP contribution in [0.1, 0.15) is 31.9 Å². The van der Waals surface area contributed by atoms with E-state index in [2.05, 4.69) is 5.43 Å². The number of fused-ring (bicyclic) bond motifs is 1. The molecule has 1 heterocycles. The summed E-state index contributed by atoms with van der Waals surface area (Å²) in [7, 11) is 0. The molecule has 0 radical (unpaired) electrons. The first kappa shape index (κ1) is 16.7. The van der Waals surface area contributed by atoms with Gasteiger partial charge in [0.05, 0.1) is 0 Å². The molecule has 2 aromatic carbocycles. The Balaban J connectivity index is 2.26. The number of nitrogens with one attached hydrogen (secondary N) is 1. The van der Waals surface area contributed by atoms with Crippen LogP contribution in [0.5, 0.6) is 0 Å². The summed E-state index contributed by atoms with van der Waals surface area (Å²) < 4.78 is 56.1. The number of halogens is 4. The van der Waals surface area contributed by atoms with Crippen LogP contribution in [-0.4, -0.2) is 22.6 Å². The summed E-state index contributed by atoms with van der Waals surface area (Å²) in [5.41, 5.74) is 0.676. The van der Waals surface area contributed by atoms with E-state index >= 15 is 0 Å². The largest absolute Gasteiger partial charge is 0.410 e. The van der Waals surface area contributed by atoms with E-state index in [1.807, 2.05) is 0 Å². The molecule has 2 aromatic rings. The third-order valence-electron chi connectivity index (χ3n) is 4.25. The molecule has 1 atom stereocenters. The normalized spacial score (nSPS) is 19.5. The lowest BCUT2D eigenvalue weighted by Crippen LogP contribution is -2.51. The van der Waals surface area contributed by atoms with Crippen LogP contribution < -0.4 is 5.43 Å². The highest BCUT2D eigenvalue weighted by molar-refractivity contribution is 5.86. The number of carbonyl (C=O) groups excluding carboxylic acids is 1. The number of rotatable bonds is 2. The number of carbonyl (C=O) groups is 1. The van der Waals surface area contributed by atoms with E-state index in [9.17, 15) is 22.4 Å². The molecule has 7 heteroatoms. The summed E-state index contributed by atoms with van der Waals surface area (Å²) in [6.45, 7) is 3.04. The van der Waals surface area contributed by atoms with Gasteiger partial charge in [-0.05, 0) is 30.7 Å². The van der Waals surface area contributed by atoms with Gasteiger partial charge in [-0.2, -0.15) is 18.2 Å². The highest BCUT2D eigenvalue weighted by Crippen LogP contribution is 2.45. The lowest BCUT2D eigenvalue weighted by atomic mass is 9.93. The van der Waals surface area contributed by atoms with Crippen molar-refractivity contribution in [2.24, 2.45) is 0 Å². The molecule has 0 aliphatic carbocycles. The Morgan fingerprint density at radius 3 is 2.42 bits per heavy atom. The molecule has 0 saturated carbocycles. The molecule has 1 amide bonds. The predicted octanol–water partition coefficient (Wildman–Crippen LogP) is 4.10. The van der Waals surface area contributed by atoms with E-state index < -0.39 is 35.0 Å². The fourth-order valence-electron chi connectivity index (χ4n) is 3.20.